The van der Waals surface area contributed by atoms with E-state index in [9.17, 15) is 0 Å². The van der Waals surface area contributed by atoms with E-state index in [1.807, 2.05) is 67.8 Å². The number of methoxy groups -OCH3 is 3. The highest BCUT2D eigenvalue weighted by Crippen LogP contribution is 2.38. The minimum Gasteiger partial charge on any atom is -0.494 e. The van der Waals surface area contributed by atoms with Gasteiger partial charge in [-0.2, -0.15) is 0 Å². The molecular formula is C26H30N6O3S. The van der Waals surface area contributed by atoms with Crippen LogP contribution in [0.4, 0.5) is 5.95 Å². The summed E-state index contributed by atoms with van der Waals surface area (Å²) in [4.78, 5) is 8.89. The molecule has 0 aliphatic rings. The quantitative estimate of drug-likeness (QED) is 0.291. The normalized spacial score (nSPS) is 12.7. The van der Waals surface area contributed by atoms with E-state index < -0.39 is 0 Å². The molecule has 36 heavy (non-hydrogen) atoms. The van der Waals surface area contributed by atoms with E-state index in [1.165, 1.54) is 11.9 Å². The Labute approximate surface area is 215 Å². The number of ether oxygens (including phenoxy) is 3. The molecule has 2 aromatic carbocycles. The van der Waals surface area contributed by atoms with Crippen LogP contribution in [0.15, 0.2) is 54.9 Å². The lowest BCUT2D eigenvalue weighted by Gasteiger charge is -2.22. The molecule has 4 rings (SSSR count). The highest BCUT2D eigenvalue weighted by Gasteiger charge is 2.26. The Morgan fingerprint density at radius 2 is 1.50 bits per heavy atom. The van der Waals surface area contributed by atoms with Gasteiger partial charge in [0.25, 0.3) is 0 Å². The summed E-state index contributed by atoms with van der Waals surface area (Å²) in [6.07, 6.45) is 3.26. The number of rotatable bonds is 10. The number of nitrogens with zero attached hydrogens (tertiary/aromatic N) is 5. The third kappa shape index (κ3) is 5.29. The number of nitrogens with one attached hydrogen (secondary N) is 1. The molecule has 2 atom stereocenters. The van der Waals surface area contributed by atoms with Crippen LogP contribution in [0, 0.1) is 13.8 Å². The molecular weight excluding hydrogens is 476 g/mol. The summed E-state index contributed by atoms with van der Waals surface area (Å²) in [6.45, 7) is 6.04. The van der Waals surface area contributed by atoms with E-state index in [0.717, 1.165) is 16.7 Å². The van der Waals surface area contributed by atoms with Gasteiger partial charge in [-0.1, -0.05) is 35.9 Å². The summed E-state index contributed by atoms with van der Waals surface area (Å²) < 4.78 is 22.4. The summed E-state index contributed by atoms with van der Waals surface area (Å²) in [5.41, 5.74) is 3.76. The fourth-order valence-corrected chi connectivity index (χ4v) is 4.55. The van der Waals surface area contributed by atoms with Crippen LogP contribution in [0.25, 0.3) is 17.1 Å². The van der Waals surface area contributed by atoms with Gasteiger partial charge in [-0.3, -0.25) is 9.29 Å². The Morgan fingerprint density at radius 1 is 0.861 bits per heavy atom. The molecule has 0 saturated heterocycles. The Balaban J connectivity index is 1.72. The summed E-state index contributed by atoms with van der Waals surface area (Å²) in [7, 11) is 4.91. The first-order chi connectivity index (χ1) is 17.5. The molecule has 0 amide bonds. The Hall–Kier alpha value is -3.63. The van der Waals surface area contributed by atoms with Crippen molar-refractivity contribution in [2.45, 2.75) is 32.1 Å². The highest BCUT2D eigenvalue weighted by atomic mass is 32.2. The number of anilines is 1. The van der Waals surface area contributed by atoms with Crippen molar-refractivity contribution in [3.05, 3.63) is 71.8 Å². The Bertz CT molecular complexity index is 1270. The van der Waals surface area contributed by atoms with Gasteiger partial charge < -0.3 is 14.2 Å². The third-order valence-electron chi connectivity index (χ3n) is 5.67. The van der Waals surface area contributed by atoms with Gasteiger partial charge >= 0.3 is 0 Å². The van der Waals surface area contributed by atoms with Crippen LogP contribution < -0.4 is 14.2 Å². The standard InChI is InChI=1S/C26H30N6O3S/c1-16-10-12-19(13-11-16)25-29-30-26(32(25)22-20(33-4)8-7-9-21(22)34-5)31-36-18(3)23(35-6)24-27-14-17(2)15-28-24/h7-15,18,23H,1-6H3,(H,30,31). The van der Waals surface area contributed by atoms with Crippen molar-refractivity contribution < 1.29 is 14.2 Å². The maximum absolute atomic E-state index is 5.73. The van der Waals surface area contributed by atoms with Crippen LogP contribution in [0.5, 0.6) is 11.5 Å². The molecule has 10 heteroatoms. The molecule has 0 fully saturated rings. The Morgan fingerprint density at radius 3 is 2.08 bits per heavy atom. The van der Waals surface area contributed by atoms with Crippen molar-refractivity contribution in [3.8, 4) is 28.6 Å². The first-order valence-corrected chi connectivity index (χ1v) is 12.3. The predicted octanol–water partition coefficient (Wildman–Crippen LogP) is 5.19. The molecule has 188 valence electrons. The largest absolute Gasteiger partial charge is 0.494 e. The molecule has 0 bridgehead atoms. The van der Waals surface area contributed by atoms with E-state index in [1.54, 1.807) is 33.7 Å². The second-order valence-corrected chi connectivity index (χ2v) is 9.44. The van der Waals surface area contributed by atoms with Crippen LogP contribution in [0.1, 0.15) is 30.0 Å². The summed E-state index contributed by atoms with van der Waals surface area (Å²) in [6, 6.07) is 13.8. The molecule has 2 aromatic heterocycles. The maximum atomic E-state index is 5.73. The van der Waals surface area contributed by atoms with Gasteiger partial charge in [0.05, 0.1) is 19.5 Å². The van der Waals surface area contributed by atoms with Gasteiger partial charge in [0.15, 0.2) is 11.6 Å². The smallest absolute Gasteiger partial charge is 0.239 e. The van der Waals surface area contributed by atoms with Gasteiger partial charge in [-0.05, 0) is 50.4 Å². The van der Waals surface area contributed by atoms with E-state index in [-0.39, 0.29) is 11.4 Å². The fraction of sp³-hybridized carbons (Fsp3) is 0.308. The number of hydrogen-bond donors (Lipinski definition) is 1. The van der Waals surface area contributed by atoms with Crippen molar-refractivity contribution in [3.63, 3.8) is 0 Å². The van der Waals surface area contributed by atoms with Crippen LogP contribution in [0.3, 0.4) is 0 Å². The molecule has 0 spiro atoms. The number of benzene rings is 2. The molecule has 0 radical (unpaired) electrons. The average molecular weight is 507 g/mol. The van der Waals surface area contributed by atoms with Crippen LogP contribution in [-0.4, -0.2) is 51.3 Å². The zero-order valence-corrected chi connectivity index (χ0v) is 22.0. The van der Waals surface area contributed by atoms with Crippen LogP contribution >= 0.6 is 11.9 Å². The highest BCUT2D eigenvalue weighted by molar-refractivity contribution is 8.01. The number of hydrogen-bond acceptors (Lipinski definition) is 9. The molecule has 2 heterocycles. The van der Waals surface area contributed by atoms with Gasteiger partial charge in [0.2, 0.25) is 5.95 Å². The van der Waals surface area contributed by atoms with E-state index >= 15 is 0 Å². The van der Waals surface area contributed by atoms with Crippen LogP contribution in [-0.2, 0) is 4.74 Å². The molecule has 0 aliphatic carbocycles. The van der Waals surface area contributed by atoms with Crippen molar-refractivity contribution in [2.75, 3.05) is 26.1 Å². The molecule has 4 aromatic rings. The minimum absolute atomic E-state index is 0.0507. The topological polar surface area (TPSA) is 96.2 Å². The van der Waals surface area contributed by atoms with Crippen molar-refractivity contribution in [2.24, 2.45) is 0 Å². The van der Waals surface area contributed by atoms with Gasteiger partial charge in [-0.25, -0.2) is 9.97 Å². The lowest BCUT2D eigenvalue weighted by atomic mass is 10.1. The molecule has 0 aliphatic heterocycles. The third-order valence-corrected chi connectivity index (χ3v) is 6.59. The predicted molar refractivity (Wildman–Crippen MR) is 142 cm³/mol. The zero-order valence-electron chi connectivity index (χ0n) is 21.2. The molecule has 9 nitrogen and oxygen atoms in total. The average Bonchev–Trinajstić information content (AvgIpc) is 3.32. The zero-order chi connectivity index (χ0) is 25.7. The van der Waals surface area contributed by atoms with Crippen molar-refractivity contribution >= 4 is 17.9 Å². The monoisotopic (exact) mass is 506 g/mol. The minimum atomic E-state index is -0.322. The first kappa shape index (κ1) is 25.5. The summed E-state index contributed by atoms with van der Waals surface area (Å²) in [5.74, 6) is 3.06. The summed E-state index contributed by atoms with van der Waals surface area (Å²) in [5, 5.41) is 8.95. The van der Waals surface area contributed by atoms with Gasteiger partial charge in [0, 0.05) is 25.1 Å². The van der Waals surface area contributed by atoms with E-state index in [4.69, 9.17) is 14.2 Å². The fourth-order valence-electron chi connectivity index (χ4n) is 3.77. The first-order valence-electron chi connectivity index (χ1n) is 11.4. The van der Waals surface area contributed by atoms with Crippen molar-refractivity contribution in [1.82, 2.24) is 24.7 Å². The SMILES string of the molecule is COc1cccc(OC)c1-n1c(NSC(C)C(OC)c2ncc(C)cn2)nnc1-c1ccc(C)cc1. The van der Waals surface area contributed by atoms with Crippen LogP contribution in [0.2, 0.25) is 0 Å². The number of aryl methyl sites for hydroxylation is 2. The number of aromatic nitrogens is 5. The second kappa shape index (κ2) is 11.4. The van der Waals surface area contributed by atoms with Gasteiger partial charge in [0.1, 0.15) is 23.3 Å². The van der Waals surface area contributed by atoms with E-state index in [0.29, 0.717) is 34.8 Å². The maximum Gasteiger partial charge on any atom is 0.239 e. The lowest BCUT2D eigenvalue weighted by Crippen LogP contribution is -2.19. The van der Waals surface area contributed by atoms with Crippen molar-refractivity contribution in [1.29, 1.82) is 0 Å². The Kier molecular flexibility index (Phi) is 8.07. The van der Waals surface area contributed by atoms with Gasteiger partial charge in [-0.15, -0.1) is 10.2 Å². The summed E-state index contributed by atoms with van der Waals surface area (Å²) >= 11 is 1.45. The van der Waals surface area contributed by atoms with E-state index in [2.05, 4.69) is 24.9 Å². The molecule has 1 N–H and O–H groups in total. The molecule has 2 unspecified atom stereocenters. The second-order valence-electron chi connectivity index (χ2n) is 8.26. The molecule has 0 saturated carbocycles. The number of para-hydroxylation sites is 1. The lowest BCUT2D eigenvalue weighted by molar-refractivity contribution is 0.0972.